The van der Waals surface area contributed by atoms with Gasteiger partial charge >= 0.3 is 0 Å². The minimum Gasteiger partial charge on any atom is -0.359 e. The molecule has 0 unspecified atom stereocenters. The first-order valence-electron chi connectivity index (χ1n) is 6.52. The second kappa shape index (κ2) is 8.08. The van der Waals surface area contributed by atoms with Gasteiger partial charge in [0, 0.05) is 26.1 Å². The lowest BCUT2D eigenvalue weighted by Crippen LogP contribution is -2.43. The van der Waals surface area contributed by atoms with Crippen LogP contribution in [0.25, 0.3) is 0 Å². The van der Waals surface area contributed by atoms with Gasteiger partial charge in [0.2, 0.25) is 11.8 Å². The fraction of sp³-hybridized carbons (Fsp3) is 0.846. The van der Waals surface area contributed by atoms with E-state index in [0.29, 0.717) is 19.0 Å². The van der Waals surface area contributed by atoms with Crippen LogP contribution in [0.3, 0.4) is 0 Å². The fourth-order valence-corrected chi connectivity index (χ4v) is 1.47. The average Bonchev–Trinajstić information content (AvgIpc) is 2.30. The Labute approximate surface area is 110 Å². The summed E-state index contributed by atoms with van der Waals surface area (Å²) in [4.78, 5) is 23.1. The number of carbonyl (C=O) groups is 2. The maximum Gasteiger partial charge on any atom is 0.227 e. The zero-order valence-electron chi connectivity index (χ0n) is 12.2. The van der Waals surface area contributed by atoms with Gasteiger partial charge in [-0.3, -0.25) is 9.59 Å². The zero-order valence-corrected chi connectivity index (χ0v) is 12.2. The molecule has 0 heterocycles. The normalized spacial score (nSPS) is 11.4. The van der Waals surface area contributed by atoms with Gasteiger partial charge in [0.05, 0.1) is 5.41 Å². The highest BCUT2D eigenvalue weighted by molar-refractivity contribution is 5.83. The van der Waals surface area contributed by atoms with E-state index in [2.05, 4.69) is 29.8 Å². The van der Waals surface area contributed by atoms with Crippen molar-refractivity contribution in [2.75, 3.05) is 20.1 Å². The molecule has 0 aromatic rings. The third-order valence-corrected chi connectivity index (χ3v) is 2.70. The number of amides is 2. The molecule has 0 atom stereocenters. The minimum atomic E-state index is -0.569. The summed E-state index contributed by atoms with van der Waals surface area (Å²) in [7, 11) is 1.60. The predicted molar refractivity (Wildman–Crippen MR) is 73.2 cm³/mol. The van der Waals surface area contributed by atoms with E-state index in [-0.39, 0.29) is 11.8 Å². The molecule has 0 aromatic carbocycles. The third kappa shape index (κ3) is 7.27. The maximum absolute atomic E-state index is 11.6. The molecular formula is C13H27N3O2. The fourth-order valence-electron chi connectivity index (χ4n) is 1.47. The quantitative estimate of drug-likeness (QED) is 0.559. The van der Waals surface area contributed by atoms with Gasteiger partial charge in [-0.15, -0.1) is 0 Å². The molecule has 0 saturated carbocycles. The summed E-state index contributed by atoms with van der Waals surface area (Å²) in [5.41, 5.74) is -0.569. The van der Waals surface area contributed by atoms with E-state index < -0.39 is 5.41 Å². The van der Waals surface area contributed by atoms with Crippen molar-refractivity contribution in [3.63, 3.8) is 0 Å². The Morgan fingerprint density at radius 1 is 1.22 bits per heavy atom. The van der Waals surface area contributed by atoms with E-state index in [0.717, 1.165) is 13.0 Å². The van der Waals surface area contributed by atoms with Crippen LogP contribution in [0.5, 0.6) is 0 Å². The lowest BCUT2D eigenvalue weighted by atomic mass is 9.92. The van der Waals surface area contributed by atoms with Crippen LogP contribution >= 0.6 is 0 Å². The van der Waals surface area contributed by atoms with Gasteiger partial charge in [0.1, 0.15) is 0 Å². The summed E-state index contributed by atoms with van der Waals surface area (Å²) in [5, 5.41) is 8.65. The second-order valence-electron chi connectivity index (χ2n) is 5.45. The van der Waals surface area contributed by atoms with Gasteiger partial charge in [0.15, 0.2) is 0 Å². The molecule has 18 heavy (non-hydrogen) atoms. The topological polar surface area (TPSA) is 70.2 Å². The second-order valence-corrected chi connectivity index (χ2v) is 5.45. The molecule has 106 valence electrons. The molecule has 3 N–H and O–H groups in total. The highest BCUT2D eigenvalue weighted by Gasteiger charge is 2.26. The summed E-state index contributed by atoms with van der Waals surface area (Å²) >= 11 is 0. The summed E-state index contributed by atoms with van der Waals surface area (Å²) in [6.07, 6.45) is 1.30. The van der Waals surface area contributed by atoms with E-state index in [1.807, 2.05) is 13.8 Å². The van der Waals surface area contributed by atoms with Gasteiger partial charge in [-0.2, -0.15) is 0 Å². The van der Waals surface area contributed by atoms with Crippen molar-refractivity contribution in [2.24, 2.45) is 5.41 Å². The van der Waals surface area contributed by atoms with Crippen LogP contribution in [0.4, 0.5) is 0 Å². The van der Waals surface area contributed by atoms with Crippen LogP contribution in [-0.2, 0) is 9.59 Å². The van der Waals surface area contributed by atoms with Gasteiger partial charge < -0.3 is 16.0 Å². The number of carbonyl (C=O) groups excluding carboxylic acids is 2. The van der Waals surface area contributed by atoms with Gasteiger partial charge in [-0.05, 0) is 26.8 Å². The summed E-state index contributed by atoms with van der Waals surface area (Å²) in [5.74, 6) is -0.0678. The molecule has 0 spiro atoms. The van der Waals surface area contributed by atoms with Crippen molar-refractivity contribution in [2.45, 2.75) is 46.6 Å². The highest BCUT2D eigenvalue weighted by Crippen LogP contribution is 2.13. The Kier molecular flexibility index (Phi) is 7.59. The van der Waals surface area contributed by atoms with Crippen molar-refractivity contribution >= 4 is 11.8 Å². The molecule has 0 aliphatic heterocycles. The Hall–Kier alpha value is -1.10. The maximum atomic E-state index is 11.6. The molecule has 0 fully saturated rings. The lowest BCUT2D eigenvalue weighted by molar-refractivity contribution is -0.129. The Morgan fingerprint density at radius 3 is 2.33 bits per heavy atom. The van der Waals surface area contributed by atoms with Crippen LogP contribution in [0.15, 0.2) is 0 Å². The smallest absolute Gasteiger partial charge is 0.227 e. The molecule has 0 aliphatic rings. The molecule has 2 amide bonds. The average molecular weight is 257 g/mol. The number of hydrogen-bond donors (Lipinski definition) is 3. The van der Waals surface area contributed by atoms with Gasteiger partial charge in [-0.25, -0.2) is 0 Å². The molecule has 0 aromatic heterocycles. The van der Waals surface area contributed by atoms with Crippen molar-refractivity contribution in [1.29, 1.82) is 0 Å². The van der Waals surface area contributed by atoms with Gasteiger partial charge in [0.25, 0.3) is 0 Å². The van der Waals surface area contributed by atoms with E-state index >= 15 is 0 Å². The summed E-state index contributed by atoms with van der Waals surface area (Å²) < 4.78 is 0. The summed E-state index contributed by atoms with van der Waals surface area (Å²) in [6, 6.07) is 0.445. The van der Waals surface area contributed by atoms with E-state index in [4.69, 9.17) is 0 Å². The van der Waals surface area contributed by atoms with Crippen molar-refractivity contribution < 1.29 is 9.59 Å². The number of hydrogen-bond acceptors (Lipinski definition) is 3. The first-order valence-corrected chi connectivity index (χ1v) is 6.52. The van der Waals surface area contributed by atoms with Crippen LogP contribution in [0.2, 0.25) is 0 Å². The van der Waals surface area contributed by atoms with Crippen LogP contribution in [0, 0.1) is 5.41 Å². The van der Waals surface area contributed by atoms with Crippen LogP contribution < -0.4 is 16.0 Å². The molecule has 0 rings (SSSR count). The van der Waals surface area contributed by atoms with Crippen LogP contribution in [-0.4, -0.2) is 38.0 Å². The highest BCUT2D eigenvalue weighted by atomic mass is 16.2. The minimum absolute atomic E-state index is 0.00228. The molecular weight excluding hydrogens is 230 g/mol. The summed E-state index contributed by atoms with van der Waals surface area (Å²) in [6.45, 7) is 8.98. The molecule has 5 nitrogen and oxygen atoms in total. The van der Waals surface area contributed by atoms with Crippen LogP contribution in [0.1, 0.15) is 40.5 Å². The van der Waals surface area contributed by atoms with E-state index in [9.17, 15) is 9.59 Å². The Morgan fingerprint density at radius 2 is 1.83 bits per heavy atom. The standard InChI is InChI=1S/C13H27N3O2/c1-10(2)15-8-6-7-11(17)16-9-13(3,4)12(18)14-5/h10,15H,6-9H2,1-5H3,(H,14,18)(H,16,17). The largest absolute Gasteiger partial charge is 0.359 e. The molecule has 5 heteroatoms. The molecule has 0 saturated heterocycles. The lowest BCUT2D eigenvalue weighted by Gasteiger charge is -2.22. The van der Waals surface area contributed by atoms with Crippen molar-refractivity contribution in [1.82, 2.24) is 16.0 Å². The van der Waals surface area contributed by atoms with E-state index in [1.165, 1.54) is 0 Å². The monoisotopic (exact) mass is 257 g/mol. The Balaban J connectivity index is 3.80. The third-order valence-electron chi connectivity index (χ3n) is 2.70. The number of rotatable bonds is 8. The zero-order chi connectivity index (χ0) is 14.2. The van der Waals surface area contributed by atoms with Gasteiger partial charge in [-0.1, -0.05) is 13.8 Å². The SMILES string of the molecule is CNC(=O)C(C)(C)CNC(=O)CCCNC(C)C. The Bertz CT molecular complexity index is 275. The molecule has 0 radical (unpaired) electrons. The van der Waals surface area contributed by atoms with E-state index in [1.54, 1.807) is 7.05 Å². The predicted octanol–water partition coefficient (Wildman–Crippen LogP) is 0.653. The van der Waals surface area contributed by atoms with Crippen molar-refractivity contribution in [3.05, 3.63) is 0 Å². The molecule has 0 aliphatic carbocycles. The number of nitrogens with one attached hydrogen (secondary N) is 3. The first-order chi connectivity index (χ1) is 8.29. The molecule has 0 bridgehead atoms. The van der Waals surface area contributed by atoms with Crippen molar-refractivity contribution in [3.8, 4) is 0 Å². The first kappa shape index (κ1) is 16.9.